The van der Waals surface area contributed by atoms with Gasteiger partial charge >= 0.3 is 12.1 Å². The first-order valence-electron chi connectivity index (χ1n) is 8.22. The minimum atomic E-state index is -0.784. The number of rotatable bonds is 5. The van der Waals surface area contributed by atoms with Crippen LogP contribution < -0.4 is 14.8 Å². The molecule has 9 heteroatoms. The molecule has 1 heterocycles. The van der Waals surface area contributed by atoms with Crippen molar-refractivity contribution in [2.75, 3.05) is 19.5 Å². The van der Waals surface area contributed by atoms with E-state index in [4.69, 9.17) is 25.8 Å². The molecule has 1 N–H and O–H groups in total. The average Bonchev–Trinajstić information content (AvgIpc) is 3.11. The highest BCUT2D eigenvalue weighted by atomic mass is 35.5. The van der Waals surface area contributed by atoms with E-state index in [-0.39, 0.29) is 21.3 Å². The molecular weight excluding hydrogens is 421 g/mol. The molecule has 0 bridgehead atoms. The zero-order valence-corrected chi connectivity index (χ0v) is 16.9. The number of para-hydroxylation sites is 1. The van der Waals surface area contributed by atoms with Gasteiger partial charge in [0.25, 0.3) is 0 Å². The Morgan fingerprint density at radius 1 is 1.10 bits per heavy atom. The Labute approximate surface area is 174 Å². The van der Waals surface area contributed by atoms with E-state index in [1.807, 2.05) is 0 Å². The molecule has 1 amide bonds. The van der Waals surface area contributed by atoms with Gasteiger partial charge in [-0.3, -0.25) is 5.32 Å². The summed E-state index contributed by atoms with van der Waals surface area (Å²) in [4.78, 5) is 25.0. The van der Waals surface area contributed by atoms with Crippen LogP contribution >= 0.6 is 22.9 Å². The second-order valence-corrected chi connectivity index (χ2v) is 7.10. The van der Waals surface area contributed by atoms with Crippen LogP contribution in [0.5, 0.6) is 11.5 Å². The Hall–Kier alpha value is -3.10. The van der Waals surface area contributed by atoms with Crippen molar-refractivity contribution >= 4 is 40.7 Å². The standard InChI is InChI=1S/C20H15ClFNO5S/c1-26-16-8-12(13(21)9-14(16)22)17-10-15(18(29-17)19(24)27-2)23-20(25)28-11-6-4-3-5-7-11/h3-10H,1-2H3,(H,23,25). The third kappa shape index (κ3) is 4.67. The summed E-state index contributed by atoms with van der Waals surface area (Å²) >= 11 is 7.19. The van der Waals surface area contributed by atoms with Crippen molar-refractivity contribution in [2.24, 2.45) is 0 Å². The van der Waals surface area contributed by atoms with Gasteiger partial charge in [-0.2, -0.15) is 0 Å². The highest BCUT2D eigenvalue weighted by Crippen LogP contribution is 2.41. The van der Waals surface area contributed by atoms with E-state index in [0.717, 1.165) is 17.4 Å². The summed E-state index contributed by atoms with van der Waals surface area (Å²) in [5, 5.41) is 2.65. The molecule has 6 nitrogen and oxygen atoms in total. The summed E-state index contributed by atoms with van der Waals surface area (Å²) < 4.78 is 28.8. The fourth-order valence-corrected chi connectivity index (χ4v) is 3.84. The van der Waals surface area contributed by atoms with Gasteiger partial charge in [-0.15, -0.1) is 11.3 Å². The number of carbonyl (C=O) groups is 2. The summed E-state index contributed by atoms with van der Waals surface area (Å²) in [6.07, 6.45) is -0.784. The van der Waals surface area contributed by atoms with Gasteiger partial charge in [-0.25, -0.2) is 14.0 Å². The van der Waals surface area contributed by atoms with Crippen LogP contribution in [0.2, 0.25) is 5.02 Å². The number of halogens is 2. The number of nitrogens with one attached hydrogen (secondary N) is 1. The number of benzene rings is 2. The average molecular weight is 436 g/mol. The van der Waals surface area contributed by atoms with E-state index in [1.54, 1.807) is 30.3 Å². The molecule has 0 aliphatic heterocycles. The van der Waals surface area contributed by atoms with E-state index in [2.05, 4.69) is 5.32 Å². The smallest absolute Gasteiger partial charge is 0.417 e. The Morgan fingerprint density at radius 3 is 2.48 bits per heavy atom. The molecule has 1 aromatic heterocycles. The Bertz CT molecular complexity index is 1050. The third-order valence-corrected chi connectivity index (χ3v) is 5.26. The van der Waals surface area contributed by atoms with Crippen molar-refractivity contribution in [3.63, 3.8) is 0 Å². The number of amides is 1. The molecule has 0 fully saturated rings. The molecule has 2 aromatic carbocycles. The first-order valence-corrected chi connectivity index (χ1v) is 9.41. The van der Waals surface area contributed by atoms with Crippen molar-refractivity contribution in [3.05, 3.63) is 64.2 Å². The van der Waals surface area contributed by atoms with Gasteiger partial charge in [0.2, 0.25) is 0 Å². The van der Waals surface area contributed by atoms with Gasteiger partial charge in [-0.05, 0) is 30.3 Å². The predicted octanol–water partition coefficient (Wildman–Crippen LogP) is 5.61. The lowest BCUT2D eigenvalue weighted by molar-refractivity contribution is 0.0607. The first-order chi connectivity index (χ1) is 13.9. The summed E-state index contributed by atoms with van der Waals surface area (Å²) in [5.74, 6) is -0.931. The molecule has 0 spiro atoms. The van der Waals surface area contributed by atoms with Crippen LogP contribution in [0.15, 0.2) is 48.5 Å². The van der Waals surface area contributed by atoms with Gasteiger partial charge in [-0.1, -0.05) is 29.8 Å². The zero-order chi connectivity index (χ0) is 21.0. The molecule has 0 saturated heterocycles. The molecular formula is C20H15ClFNO5S. The summed E-state index contributed by atoms with van der Waals surface area (Å²) in [6.45, 7) is 0. The number of ether oxygens (including phenoxy) is 3. The molecule has 3 rings (SSSR count). The molecule has 0 radical (unpaired) electrons. The van der Waals surface area contributed by atoms with Gasteiger partial charge < -0.3 is 14.2 Å². The van der Waals surface area contributed by atoms with Crippen LogP contribution in [-0.2, 0) is 4.74 Å². The minimum absolute atomic E-state index is 0.00425. The van der Waals surface area contributed by atoms with Crippen LogP contribution in [0, 0.1) is 5.82 Å². The third-order valence-electron chi connectivity index (χ3n) is 3.80. The molecule has 0 unspecified atom stereocenters. The van der Waals surface area contributed by atoms with Crippen LogP contribution in [0.4, 0.5) is 14.9 Å². The van der Waals surface area contributed by atoms with E-state index < -0.39 is 17.9 Å². The fourth-order valence-electron chi connectivity index (χ4n) is 2.47. The molecule has 0 aliphatic rings. The fraction of sp³-hybridized carbons (Fsp3) is 0.100. The molecule has 0 atom stereocenters. The van der Waals surface area contributed by atoms with Crippen molar-refractivity contribution in [3.8, 4) is 21.9 Å². The normalized spacial score (nSPS) is 10.3. The number of carbonyl (C=O) groups excluding carboxylic acids is 2. The topological polar surface area (TPSA) is 73.9 Å². The van der Waals surface area contributed by atoms with Crippen molar-refractivity contribution in [2.45, 2.75) is 0 Å². The molecule has 3 aromatic rings. The van der Waals surface area contributed by atoms with E-state index in [0.29, 0.717) is 16.2 Å². The molecule has 29 heavy (non-hydrogen) atoms. The van der Waals surface area contributed by atoms with Gasteiger partial charge in [0.05, 0.1) is 24.9 Å². The lowest BCUT2D eigenvalue weighted by atomic mass is 10.1. The van der Waals surface area contributed by atoms with Crippen LogP contribution in [0.3, 0.4) is 0 Å². The van der Waals surface area contributed by atoms with Crippen molar-refractivity contribution < 1.29 is 28.2 Å². The maximum Gasteiger partial charge on any atom is 0.417 e. The lowest BCUT2D eigenvalue weighted by Crippen LogP contribution is -2.18. The Kier molecular flexibility index (Phi) is 6.36. The number of esters is 1. The van der Waals surface area contributed by atoms with Crippen molar-refractivity contribution in [1.82, 2.24) is 0 Å². The van der Waals surface area contributed by atoms with E-state index in [9.17, 15) is 14.0 Å². The number of anilines is 1. The monoisotopic (exact) mass is 435 g/mol. The number of hydrogen-bond donors (Lipinski definition) is 1. The SMILES string of the molecule is COC(=O)c1sc(-c2cc(OC)c(F)cc2Cl)cc1NC(=O)Oc1ccccc1. The maximum absolute atomic E-state index is 13.8. The molecule has 0 aliphatic carbocycles. The molecule has 150 valence electrons. The highest BCUT2D eigenvalue weighted by Gasteiger charge is 2.22. The lowest BCUT2D eigenvalue weighted by Gasteiger charge is -2.07. The maximum atomic E-state index is 13.8. The predicted molar refractivity (Wildman–Crippen MR) is 109 cm³/mol. The van der Waals surface area contributed by atoms with Gasteiger partial charge in [0.1, 0.15) is 10.6 Å². The molecule has 0 saturated carbocycles. The zero-order valence-electron chi connectivity index (χ0n) is 15.3. The second kappa shape index (κ2) is 8.93. The summed E-state index contributed by atoms with van der Waals surface area (Å²) in [5.41, 5.74) is 0.613. The highest BCUT2D eigenvalue weighted by molar-refractivity contribution is 7.18. The summed E-state index contributed by atoms with van der Waals surface area (Å²) in [6, 6.07) is 12.5. The number of hydrogen-bond acceptors (Lipinski definition) is 6. The van der Waals surface area contributed by atoms with Gasteiger partial charge in [0.15, 0.2) is 11.6 Å². The quantitative estimate of drug-likeness (QED) is 0.527. The van der Waals surface area contributed by atoms with Crippen LogP contribution in [0.1, 0.15) is 9.67 Å². The Balaban J connectivity index is 1.95. The van der Waals surface area contributed by atoms with Crippen LogP contribution in [-0.4, -0.2) is 26.3 Å². The van der Waals surface area contributed by atoms with Gasteiger partial charge in [0, 0.05) is 10.4 Å². The number of methoxy groups -OCH3 is 2. The van der Waals surface area contributed by atoms with Crippen LogP contribution in [0.25, 0.3) is 10.4 Å². The minimum Gasteiger partial charge on any atom is -0.494 e. The second-order valence-electron chi connectivity index (χ2n) is 5.64. The van der Waals surface area contributed by atoms with E-state index >= 15 is 0 Å². The Morgan fingerprint density at radius 2 is 1.83 bits per heavy atom. The van der Waals surface area contributed by atoms with Crippen molar-refractivity contribution in [1.29, 1.82) is 0 Å². The first kappa shape index (κ1) is 20.6. The number of thiophene rings is 1. The summed E-state index contributed by atoms with van der Waals surface area (Å²) in [7, 11) is 2.55. The largest absolute Gasteiger partial charge is 0.494 e. The van der Waals surface area contributed by atoms with E-state index in [1.165, 1.54) is 26.4 Å².